The van der Waals surface area contributed by atoms with Gasteiger partial charge in [-0.1, -0.05) is 40.3 Å². The van der Waals surface area contributed by atoms with Crippen molar-refractivity contribution in [3.8, 4) is 0 Å². The van der Waals surface area contributed by atoms with Gasteiger partial charge in [0.2, 0.25) is 0 Å². The summed E-state index contributed by atoms with van der Waals surface area (Å²) in [6.45, 7) is 13.0. The summed E-state index contributed by atoms with van der Waals surface area (Å²) in [5, 5.41) is 0. The summed E-state index contributed by atoms with van der Waals surface area (Å²) in [4.78, 5) is 2.21. The lowest BCUT2D eigenvalue weighted by Gasteiger charge is -2.32. The lowest BCUT2D eigenvalue weighted by atomic mass is 9.92. The molecule has 1 rings (SSSR count). The molecule has 1 heteroatoms. The van der Waals surface area contributed by atoms with E-state index >= 15 is 0 Å². The Labute approximate surface area is 87.8 Å². The molecule has 0 saturated heterocycles. The zero-order valence-corrected chi connectivity index (χ0v) is 9.96. The smallest absolute Gasteiger partial charge is 0.0332 e. The van der Waals surface area contributed by atoms with Crippen LogP contribution >= 0.6 is 0 Å². The van der Waals surface area contributed by atoms with Gasteiger partial charge in [-0.15, -0.1) is 0 Å². The van der Waals surface area contributed by atoms with Gasteiger partial charge >= 0.3 is 0 Å². The first kappa shape index (κ1) is 11.1. The van der Waals surface area contributed by atoms with Crippen molar-refractivity contribution >= 4 is 0 Å². The van der Waals surface area contributed by atoms with Crippen LogP contribution in [0, 0.1) is 11.8 Å². The van der Waals surface area contributed by atoms with Gasteiger partial charge in [-0.05, 0) is 23.5 Å². The van der Waals surface area contributed by atoms with Crippen LogP contribution in [0.4, 0.5) is 0 Å². The highest BCUT2D eigenvalue weighted by molar-refractivity contribution is 5.39. The third-order valence-corrected chi connectivity index (χ3v) is 2.71. The summed E-state index contributed by atoms with van der Waals surface area (Å²) in [6, 6.07) is 0. The molecule has 1 aliphatic heterocycles. The zero-order valence-electron chi connectivity index (χ0n) is 9.96. The minimum Gasteiger partial charge on any atom is -0.348 e. The average molecular weight is 191 g/mol. The van der Waals surface area contributed by atoms with E-state index < -0.39 is 0 Å². The highest BCUT2D eigenvalue weighted by Crippen LogP contribution is 2.30. The van der Waals surface area contributed by atoms with Crippen LogP contribution in [0.3, 0.4) is 0 Å². The van der Waals surface area contributed by atoms with Gasteiger partial charge in [0.05, 0.1) is 0 Å². The van der Waals surface area contributed by atoms with E-state index in [4.69, 9.17) is 0 Å². The Kier molecular flexibility index (Phi) is 3.20. The molecule has 0 amide bonds. The molecule has 0 saturated carbocycles. The summed E-state index contributed by atoms with van der Waals surface area (Å²) in [5.74, 6) is 1.14. The molecule has 0 aliphatic carbocycles. The van der Waals surface area contributed by atoms with Gasteiger partial charge in [0.15, 0.2) is 0 Å². The maximum atomic E-state index is 4.03. The Hall–Kier alpha value is -0.980. The van der Waals surface area contributed by atoms with Crippen molar-refractivity contribution in [2.45, 2.75) is 27.7 Å². The average Bonchev–Trinajstić information content (AvgIpc) is 2.08. The van der Waals surface area contributed by atoms with Gasteiger partial charge in [-0.2, -0.15) is 0 Å². The molecular formula is C13H21N. The summed E-state index contributed by atoms with van der Waals surface area (Å²) >= 11 is 0. The van der Waals surface area contributed by atoms with Gasteiger partial charge in [0, 0.05) is 18.4 Å². The number of allylic oxidation sites excluding steroid dienone is 4. The highest BCUT2D eigenvalue weighted by atomic mass is 15.1. The van der Waals surface area contributed by atoms with Crippen molar-refractivity contribution in [3.05, 3.63) is 35.7 Å². The summed E-state index contributed by atoms with van der Waals surface area (Å²) in [5.41, 5.74) is 3.93. The Balaban J connectivity index is 3.17. The normalized spacial score (nSPS) is 17.6. The molecule has 1 nitrogen and oxygen atoms in total. The lowest BCUT2D eigenvalue weighted by molar-refractivity contribution is 0.446. The van der Waals surface area contributed by atoms with Crippen LogP contribution in [0.2, 0.25) is 0 Å². The Morgan fingerprint density at radius 1 is 1.07 bits per heavy atom. The second-order valence-electron chi connectivity index (χ2n) is 4.53. The van der Waals surface area contributed by atoms with Crippen molar-refractivity contribution in [1.82, 2.24) is 4.90 Å². The molecular weight excluding hydrogens is 170 g/mol. The number of hydrogen-bond acceptors (Lipinski definition) is 1. The van der Waals surface area contributed by atoms with E-state index in [1.807, 2.05) is 0 Å². The maximum Gasteiger partial charge on any atom is 0.0332 e. The molecule has 1 heterocycles. The first-order chi connectivity index (χ1) is 6.45. The number of hydrogen-bond donors (Lipinski definition) is 0. The molecule has 0 bridgehead atoms. The molecule has 1 aliphatic rings. The van der Waals surface area contributed by atoms with Crippen LogP contribution in [0.15, 0.2) is 35.7 Å². The predicted octanol–water partition coefficient (Wildman–Crippen LogP) is 3.57. The number of nitrogens with zero attached hydrogens (tertiary/aromatic N) is 1. The van der Waals surface area contributed by atoms with Crippen molar-refractivity contribution in [3.63, 3.8) is 0 Å². The van der Waals surface area contributed by atoms with Gasteiger partial charge in [0.1, 0.15) is 0 Å². The molecule has 78 valence electrons. The third-order valence-electron chi connectivity index (χ3n) is 2.71. The minimum atomic E-state index is 0.555. The van der Waals surface area contributed by atoms with E-state index in [-0.39, 0.29) is 0 Å². The van der Waals surface area contributed by atoms with Gasteiger partial charge in [0.25, 0.3) is 0 Å². The molecule has 0 aromatic rings. The van der Waals surface area contributed by atoms with E-state index in [0.717, 1.165) is 5.70 Å². The monoisotopic (exact) mass is 191 g/mol. The molecule has 0 spiro atoms. The second-order valence-corrected chi connectivity index (χ2v) is 4.53. The highest BCUT2D eigenvalue weighted by Gasteiger charge is 2.19. The molecule has 0 aromatic carbocycles. The fourth-order valence-corrected chi connectivity index (χ4v) is 1.94. The van der Waals surface area contributed by atoms with Crippen molar-refractivity contribution in [2.75, 3.05) is 7.05 Å². The topological polar surface area (TPSA) is 3.24 Å². The van der Waals surface area contributed by atoms with Gasteiger partial charge in [-0.3, -0.25) is 0 Å². The summed E-state index contributed by atoms with van der Waals surface area (Å²) in [7, 11) is 2.10. The molecule has 0 N–H and O–H groups in total. The van der Waals surface area contributed by atoms with E-state index in [0.29, 0.717) is 11.8 Å². The van der Waals surface area contributed by atoms with E-state index in [9.17, 15) is 0 Å². The first-order valence-corrected chi connectivity index (χ1v) is 5.30. The molecule has 0 atom stereocenters. The standard InChI is InChI=1S/C13H21N/c1-9(2)12-8-7-11(5)14(6)13(12)10(3)4/h7-10H,5H2,1-4,6H3. The van der Waals surface area contributed by atoms with E-state index in [1.165, 1.54) is 11.3 Å². The largest absolute Gasteiger partial charge is 0.348 e. The Morgan fingerprint density at radius 2 is 1.64 bits per heavy atom. The van der Waals surface area contributed by atoms with E-state index in [1.54, 1.807) is 0 Å². The summed E-state index contributed by atoms with van der Waals surface area (Å²) < 4.78 is 0. The molecule has 0 fully saturated rings. The second kappa shape index (κ2) is 4.04. The molecule has 0 radical (unpaired) electrons. The van der Waals surface area contributed by atoms with Gasteiger partial charge in [-0.25, -0.2) is 0 Å². The lowest BCUT2D eigenvalue weighted by Crippen LogP contribution is -2.24. The van der Waals surface area contributed by atoms with Crippen LogP contribution in [0.5, 0.6) is 0 Å². The van der Waals surface area contributed by atoms with Crippen molar-refractivity contribution in [2.24, 2.45) is 11.8 Å². The third kappa shape index (κ3) is 1.92. The quantitative estimate of drug-likeness (QED) is 0.645. The fraction of sp³-hybridized carbons (Fsp3) is 0.538. The molecule has 14 heavy (non-hydrogen) atoms. The van der Waals surface area contributed by atoms with E-state index in [2.05, 4.69) is 58.4 Å². The Bertz CT molecular complexity index is 292. The minimum absolute atomic E-state index is 0.555. The van der Waals surface area contributed by atoms with Crippen LogP contribution in [0.25, 0.3) is 0 Å². The summed E-state index contributed by atoms with van der Waals surface area (Å²) in [6.07, 6.45) is 4.31. The first-order valence-electron chi connectivity index (χ1n) is 5.30. The van der Waals surface area contributed by atoms with Crippen molar-refractivity contribution < 1.29 is 0 Å². The maximum absolute atomic E-state index is 4.03. The zero-order chi connectivity index (χ0) is 10.9. The predicted molar refractivity (Wildman–Crippen MR) is 62.7 cm³/mol. The number of rotatable bonds is 2. The van der Waals surface area contributed by atoms with Crippen LogP contribution in [-0.4, -0.2) is 11.9 Å². The molecule has 0 aromatic heterocycles. The SMILES string of the molecule is C=C1C=CC(C(C)C)=C(C(C)C)N1C. The Morgan fingerprint density at radius 3 is 2.07 bits per heavy atom. The van der Waals surface area contributed by atoms with Gasteiger partial charge < -0.3 is 4.90 Å². The number of likely N-dealkylation sites (N-methyl/N-ethyl adjacent to an activating group) is 1. The van der Waals surface area contributed by atoms with Crippen molar-refractivity contribution in [1.29, 1.82) is 0 Å². The van der Waals surface area contributed by atoms with Crippen LogP contribution < -0.4 is 0 Å². The van der Waals surface area contributed by atoms with Crippen LogP contribution in [0.1, 0.15) is 27.7 Å². The fourth-order valence-electron chi connectivity index (χ4n) is 1.94. The van der Waals surface area contributed by atoms with Crippen LogP contribution in [-0.2, 0) is 0 Å². The molecule has 0 unspecified atom stereocenters.